The molecular weight excluding hydrogens is 312 g/mol. The van der Waals surface area contributed by atoms with Gasteiger partial charge in [-0.3, -0.25) is 9.59 Å². The minimum atomic E-state index is -0.0421. The molecule has 1 heterocycles. The molecule has 0 bridgehead atoms. The first-order chi connectivity index (χ1) is 12.0. The first kappa shape index (κ1) is 17.2. The van der Waals surface area contributed by atoms with Crippen LogP contribution in [0.4, 0.5) is 0 Å². The summed E-state index contributed by atoms with van der Waals surface area (Å²) in [4.78, 5) is 26.8. The van der Waals surface area contributed by atoms with Gasteiger partial charge in [0.25, 0.3) is 11.8 Å². The SMILES string of the molecule is Cc1ccc(C(=O)N2CCC(NC(=O)c3ccccc3)CC2)cc1C. The zero-order valence-corrected chi connectivity index (χ0v) is 14.8. The van der Waals surface area contributed by atoms with Gasteiger partial charge in [0.05, 0.1) is 0 Å². The van der Waals surface area contributed by atoms with Crippen LogP contribution in [0.3, 0.4) is 0 Å². The molecule has 0 aliphatic carbocycles. The minimum Gasteiger partial charge on any atom is -0.349 e. The first-order valence-electron chi connectivity index (χ1n) is 8.77. The normalized spacial score (nSPS) is 15.0. The molecule has 130 valence electrons. The number of carbonyl (C=O) groups excluding carboxylic acids is 2. The summed E-state index contributed by atoms with van der Waals surface area (Å²) in [7, 11) is 0. The Kier molecular flexibility index (Phi) is 5.17. The average molecular weight is 336 g/mol. The van der Waals surface area contributed by atoms with Crippen molar-refractivity contribution in [3.8, 4) is 0 Å². The topological polar surface area (TPSA) is 49.4 Å². The fourth-order valence-corrected chi connectivity index (χ4v) is 3.14. The molecule has 4 heteroatoms. The maximum Gasteiger partial charge on any atom is 0.253 e. The number of aryl methyl sites for hydroxylation is 2. The highest BCUT2D eigenvalue weighted by Gasteiger charge is 2.25. The van der Waals surface area contributed by atoms with Crippen molar-refractivity contribution < 1.29 is 9.59 Å². The number of carbonyl (C=O) groups is 2. The largest absolute Gasteiger partial charge is 0.349 e. The molecule has 0 aromatic heterocycles. The second-order valence-corrected chi connectivity index (χ2v) is 6.70. The fourth-order valence-electron chi connectivity index (χ4n) is 3.14. The van der Waals surface area contributed by atoms with Crippen molar-refractivity contribution in [3.63, 3.8) is 0 Å². The van der Waals surface area contributed by atoms with E-state index >= 15 is 0 Å². The Morgan fingerprint density at radius 3 is 2.24 bits per heavy atom. The highest BCUT2D eigenvalue weighted by Crippen LogP contribution is 2.17. The van der Waals surface area contributed by atoms with Crippen molar-refractivity contribution in [1.82, 2.24) is 10.2 Å². The van der Waals surface area contributed by atoms with Crippen LogP contribution in [-0.4, -0.2) is 35.8 Å². The summed E-state index contributed by atoms with van der Waals surface area (Å²) in [5.74, 6) is 0.0375. The second kappa shape index (κ2) is 7.51. The van der Waals surface area contributed by atoms with Crippen LogP contribution >= 0.6 is 0 Å². The van der Waals surface area contributed by atoms with Crippen molar-refractivity contribution in [2.45, 2.75) is 32.7 Å². The number of nitrogens with one attached hydrogen (secondary N) is 1. The van der Waals surface area contributed by atoms with Gasteiger partial charge in [0.1, 0.15) is 0 Å². The standard InChI is InChI=1S/C21H24N2O2/c1-15-8-9-18(14-16(15)2)21(25)23-12-10-19(11-13-23)22-20(24)17-6-4-3-5-7-17/h3-9,14,19H,10-13H2,1-2H3,(H,22,24). The van der Waals surface area contributed by atoms with Crippen LogP contribution < -0.4 is 5.32 Å². The number of benzene rings is 2. The van der Waals surface area contributed by atoms with Crippen molar-refractivity contribution in [2.24, 2.45) is 0 Å². The molecular formula is C21H24N2O2. The van der Waals surface area contributed by atoms with Crippen LogP contribution in [0.25, 0.3) is 0 Å². The molecule has 0 spiro atoms. The summed E-state index contributed by atoms with van der Waals surface area (Å²) in [6.07, 6.45) is 1.57. The maximum absolute atomic E-state index is 12.7. The highest BCUT2D eigenvalue weighted by molar-refractivity contribution is 5.95. The molecule has 25 heavy (non-hydrogen) atoms. The van der Waals surface area contributed by atoms with Gasteiger partial charge in [-0.25, -0.2) is 0 Å². The van der Waals surface area contributed by atoms with Crippen LogP contribution in [0.5, 0.6) is 0 Å². The Morgan fingerprint density at radius 1 is 0.920 bits per heavy atom. The highest BCUT2D eigenvalue weighted by atomic mass is 16.2. The Labute approximate surface area is 148 Å². The zero-order chi connectivity index (χ0) is 17.8. The van der Waals surface area contributed by atoms with Gasteiger partial charge in [-0.05, 0) is 62.1 Å². The molecule has 0 unspecified atom stereocenters. The summed E-state index contributed by atoms with van der Waals surface area (Å²) in [6, 6.07) is 15.2. The van der Waals surface area contributed by atoms with Gasteiger partial charge in [0, 0.05) is 30.3 Å². The van der Waals surface area contributed by atoms with Crippen LogP contribution in [0.15, 0.2) is 48.5 Å². The number of amides is 2. The molecule has 0 saturated carbocycles. The molecule has 2 amide bonds. The zero-order valence-electron chi connectivity index (χ0n) is 14.8. The van der Waals surface area contributed by atoms with E-state index in [-0.39, 0.29) is 17.9 Å². The summed E-state index contributed by atoms with van der Waals surface area (Å²) >= 11 is 0. The van der Waals surface area contributed by atoms with Crippen molar-refractivity contribution in [2.75, 3.05) is 13.1 Å². The van der Waals surface area contributed by atoms with Crippen molar-refractivity contribution in [3.05, 3.63) is 70.8 Å². The summed E-state index contributed by atoms with van der Waals surface area (Å²) in [6.45, 7) is 5.42. The molecule has 2 aromatic carbocycles. The second-order valence-electron chi connectivity index (χ2n) is 6.70. The Balaban J connectivity index is 1.55. The van der Waals surface area contributed by atoms with Gasteiger partial charge in [-0.15, -0.1) is 0 Å². The molecule has 2 aromatic rings. The van der Waals surface area contributed by atoms with E-state index in [0.717, 1.165) is 24.0 Å². The maximum atomic E-state index is 12.7. The fraction of sp³-hybridized carbons (Fsp3) is 0.333. The number of hydrogen-bond donors (Lipinski definition) is 1. The van der Waals surface area contributed by atoms with Gasteiger partial charge in [-0.1, -0.05) is 24.3 Å². The Bertz CT molecular complexity index is 763. The van der Waals surface area contributed by atoms with E-state index in [1.165, 1.54) is 5.56 Å². The molecule has 4 nitrogen and oxygen atoms in total. The molecule has 1 fully saturated rings. The van der Waals surface area contributed by atoms with Crippen molar-refractivity contribution >= 4 is 11.8 Å². The third-order valence-electron chi connectivity index (χ3n) is 4.91. The van der Waals surface area contributed by atoms with E-state index in [2.05, 4.69) is 5.32 Å². The third-order valence-corrected chi connectivity index (χ3v) is 4.91. The number of rotatable bonds is 3. The number of piperidine rings is 1. The van der Waals surface area contributed by atoms with Crippen LogP contribution in [0, 0.1) is 13.8 Å². The molecule has 1 aliphatic rings. The van der Waals surface area contributed by atoms with Gasteiger partial charge in [0.2, 0.25) is 0 Å². The lowest BCUT2D eigenvalue weighted by Crippen LogP contribution is -2.46. The first-order valence-corrected chi connectivity index (χ1v) is 8.77. The summed E-state index contributed by atoms with van der Waals surface area (Å²) in [5, 5.41) is 3.07. The molecule has 1 aliphatic heterocycles. The third kappa shape index (κ3) is 4.08. The lowest BCUT2D eigenvalue weighted by molar-refractivity contribution is 0.0698. The van der Waals surface area contributed by atoms with Gasteiger partial charge < -0.3 is 10.2 Å². The molecule has 0 radical (unpaired) electrons. The van der Waals surface area contributed by atoms with Crippen LogP contribution in [-0.2, 0) is 0 Å². The lowest BCUT2D eigenvalue weighted by Gasteiger charge is -2.32. The van der Waals surface area contributed by atoms with Crippen molar-refractivity contribution in [1.29, 1.82) is 0 Å². The van der Waals surface area contributed by atoms with Gasteiger partial charge in [0.15, 0.2) is 0 Å². The Morgan fingerprint density at radius 2 is 1.60 bits per heavy atom. The van der Waals surface area contributed by atoms with Crippen LogP contribution in [0.2, 0.25) is 0 Å². The molecule has 3 rings (SSSR count). The molecule has 0 atom stereocenters. The number of nitrogens with zero attached hydrogens (tertiary/aromatic N) is 1. The summed E-state index contributed by atoms with van der Waals surface area (Å²) in [5.41, 5.74) is 3.75. The van der Waals surface area contributed by atoms with Crippen LogP contribution in [0.1, 0.15) is 44.7 Å². The van der Waals surface area contributed by atoms with E-state index in [9.17, 15) is 9.59 Å². The van der Waals surface area contributed by atoms with E-state index in [1.54, 1.807) is 0 Å². The number of likely N-dealkylation sites (tertiary alicyclic amines) is 1. The van der Waals surface area contributed by atoms with E-state index < -0.39 is 0 Å². The smallest absolute Gasteiger partial charge is 0.253 e. The minimum absolute atomic E-state index is 0.0421. The van der Waals surface area contributed by atoms with E-state index in [1.807, 2.05) is 67.3 Å². The summed E-state index contributed by atoms with van der Waals surface area (Å²) < 4.78 is 0. The van der Waals surface area contributed by atoms with E-state index in [4.69, 9.17) is 0 Å². The molecule has 1 saturated heterocycles. The number of hydrogen-bond acceptors (Lipinski definition) is 2. The molecule has 1 N–H and O–H groups in total. The predicted molar refractivity (Wildman–Crippen MR) is 98.7 cm³/mol. The average Bonchev–Trinajstić information content (AvgIpc) is 2.65. The van der Waals surface area contributed by atoms with Gasteiger partial charge >= 0.3 is 0 Å². The predicted octanol–water partition coefficient (Wildman–Crippen LogP) is 3.34. The monoisotopic (exact) mass is 336 g/mol. The Hall–Kier alpha value is -2.62. The lowest BCUT2D eigenvalue weighted by atomic mass is 10.0. The van der Waals surface area contributed by atoms with E-state index in [0.29, 0.717) is 18.7 Å². The quantitative estimate of drug-likeness (QED) is 0.934. The van der Waals surface area contributed by atoms with Gasteiger partial charge in [-0.2, -0.15) is 0 Å².